The predicted molar refractivity (Wildman–Crippen MR) is 66.8 cm³/mol. The first-order valence-corrected chi connectivity index (χ1v) is 5.08. The Morgan fingerprint density at radius 3 is 1.47 bits per heavy atom. The van der Waals surface area contributed by atoms with Gasteiger partial charge in [-0.2, -0.15) is 0 Å². The zero-order chi connectivity index (χ0) is 13.8. The minimum atomic E-state index is 0.647. The molecule has 92 valence electrons. The third kappa shape index (κ3) is 10.3. The topological polar surface area (TPSA) is 81.8 Å². The molecule has 0 aliphatic rings. The van der Waals surface area contributed by atoms with Crippen molar-refractivity contribution in [2.75, 3.05) is 0 Å². The molecule has 0 aliphatic heterocycles. The lowest BCUT2D eigenvalue weighted by Crippen LogP contribution is -1.89. The standard InChI is InChI=1S/C11H16.2CHNO/c1-8(2)11-6-9(3)5-10(4)7-11;2*2-1-3/h5-8H,1-4H3;2*2H. The minimum absolute atomic E-state index is 0.647. The molecule has 0 aromatic heterocycles. The van der Waals surface area contributed by atoms with E-state index in [4.69, 9.17) is 20.4 Å². The van der Waals surface area contributed by atoms with E-state index in [1.54, 1.807) is 0 Å². The van der Waals surface area contributed by atoms with Crippen LogP contribution in [0.3, 0.4) is 0 Å². The molecule has 0 aliphatic carbocycles. The van der Waals surface area contributed by atoms with Crippen molar-refractivity contribution < 1.29 is 9.59 Å². The van der Waals surface area contributed by atoms with Crippen molar-refractivity contribution in [2.24, 2.45) is 0 Å². The van der Waals surface area contributed by atoms with Crippen LogP contribution in [0.25, 0.3) is 0 Å². The molecule has 4 heteroatoms. The molecule has 1 aromatic carbocycles. The third-order valence-corrected chi connectivity index (χ3v) is 1.91. The number of nitrogens with one attached hydrogen (secondary N) is 2. The fourth-order valence-corrected chi connectivity index (χ4v) is 1.34. The Bertz CT molecular complexity index is 368. The normalized spacial score (nSPS) is 7.82. The van der Waals surface area contributed by atoms with Crippen LogP contribution in [0.2, 0.25) is 0 Å². The maximum atomic E-state index is 8.35. The second-order valence-electron chi connectivity index (χ2n) is 3.78. The van der Waals surface area contributed by atoms with Crippen molar-refractivity contribution in [3.8, 4) is 0 Å². The number of hydrogen-bond acceptors (Lipinski definition) is 4. The lowest BCUT2D eigenvalue weighted by Gasteiger charge is -2.07. The Labute approximate surface area is 102 Å². The molecule has 0 fully saturated rings. The highest BCUT2D eigenvalue weighted by Crippen LogP contribution is 2.17. The van der Waals surface area contributed by atoms with E-state index in [0.717, 1.165) is 12.2 Å². The van der Waals surface area contributed by atoms with Gasteiger partial charge < -0.3 is 0 Å². The van der Waals surface area contributed by atoms with Crippen LogP contribution in [-0.2, 0) is 9.59 Å². The lowest BCUT2D eigenvalue weighted by molar-refractivity contribution is 0.562. The highest BCUT2D eigenvalue weighted by Gasteiger charge is 1.99. The molecule has 0 saturated carbocycles. The van der Waals surface area contributed by atoms with Crippen molar-refractivity contribution in [3.63, 3.8) is 0 Å². The first-order chi connectivity index (χ1) is 7.92. The van der Waals surface area contributed by atoms with Gasteiger partial charge in [0.2, 0.25) is 12.2 Å². The molecule has 0 heterocycles. The third-order valence-electron chi connectivity index (χ3n) is 1.91. The van der Waals surface area contributed by atoms with E-state index in [9.17, 15) is 0 Å². The van der Waals surface area contributed by atoms with Crippen molar-refractivity contribution in [2.45, 2.75) is 33.6 Å². The van der Waals surface area contributed by atoms with Gasteiger partial charge in [-0.05, 0) is 25.3 Å². The summed E-state index contributed by atoms with van der Waals surface area (Å²) in [6, 6.07) is 6.74. The number of rotatable bonds is 1. The molecule has 0 unspecified atom stereocenters. The molecule has 0 bridgehead atoms. The highest BCUT2D eigenvalue weighted by molar-refractivity contribution is 5.30. The Kier molecular flexibility index (Phi) is 10.7. The Balaban J connectivity index is 0. The summed E-state index contributed by atoms with van der Waals surface area (Å²) in [5.74, 6) is 0.647. The Hall–Kier alpha value is -2.02. The van der Waals surface area contributed by atoms with Crippen LogP contribution in [0.1, 0.15) is 36.5 Å². The largest absolute Gasteiger partial charge is 0.231 e. The molecular formula is C13H18N2O2. The molecule has 1 rings (SSSR count). The van der Waals surface area contributed by atoms with E-state index in [1.807, 2.05) is 0 Å². The van der Waals surface area contributed by atoms with Gasteiger partial charge in [-0.15, -0.1) is 0 Å². The fourth-order valence-electron chi connectivity index (χ4n) is 1.34. The lowest BCUT2D eigenvalue weighted by atomic mass is 9.99. The molecule has 17 heavy (non-hydrogen) atoms. The SMILES string of the molecule is Cc1cc(C)cc(C(C)C)c1.N=C=O.N=C=O. The number of benzene rings is 1. The molecule has 0 spiro atoms. The summed E-state index contributed by atoms with van der Waals surface area (Å²) in [4.78, 5) is 16.7. The zero-order valence-corrected chi connectivity index (χ0v) is 10.6. The number of aryl methyl sites for hydroxylation is 2. The summed E-state index contributed by atoms with van der Waals surface area (Å²) < 4.78 is 0. The highest BCUT2D eigenvalue weighted by atomic mass is 16.1. The summed E-state index contributed by atoms with van der Waals surface area (Å²) in [6.07, 6.45) is 1.50. The second-order valence-corrected chi connectivity index (χ2v) is 3.78. The first kappa shape index (κ1) is 17.4. The smallest absolute Gasteiger partial charge is 0.222 e. The van der Waals surface area contributed by atoms with Crippen molar-refractivity contribution in [3.05, 3.63) is 34.9 Å². The molecule has 4 nitrogen and oxygen atoms in total. The zero-order valence-electron chi connectivity index (χ0n) is 10.6. The maximum Gasteiger partial charge on any atom is 0.231 e. The van der Waals surface area contributed by atoms with E-state index in [1.165, 1.54) is 16.7 Å². The monoisotopic (exact) mass is 234 g/mol. The summed E-state index contributed by atoms with van der Waals surface area (Å²) in [6.45, 7) is 8.76. The molecule has 0 saturated heterocycles. The van der Waals surface area contributed by atoms with Gasteiger partial charge >= 0.3 is 0 Å². The second kappa shape index (κ2) is 10.5. The fraction of sp³-hybridized carbons (Fsp3) is 0.385. The Morgan fingerprint density at radius 2 is 1.24 bits per heavy atom. The van der Waals surface area contributed by atoms with Gasteiger partial charge in [0.05, 0.1) is 0 Å². The van der Waals surface area contributed by atoms with Gasteiger partial charge in [-0.25, -0.2) is 20.4 Å². The number of hydrogen-bond donors (Lipinski definition) is 2. The average molecular weight is 234 g/mol. The van der Waals surface area contributed by atoms with Gasteiger partial charge in [0.15, 0.2) is 0 Å². The van der Waals surface area contributed by atoms with Gasteiger partial charge in [0.1, 0.15) is 0 Å². The van der Waals surface area contributed by atoms with Crippen LogP contribution in [-0.4, -0.2) is 12.2 Å². The minimum Gasteiger partial charge on any atom is -0.222 e. The molecular weight excluding hydrogens is 216 g/mol. The molecule has 0 radical (unpaired) electrons. The van der Waals surface area contributed by atoms with Crippen LogP contribution < -0.4 is 0 Å². The van der Waals surface area contributed by atoms with Crippen molar-refractivity contribution in [1.29, 1.82) is 10.8 Å². The maximum absolute atomic E-state index is 8.35. The van der Waals surface area contributed by atoms with E-state index >= 15 is 0 Å². The van der Waals surface area contributed by atoms with E-state index in [0.29, 0.717) is 5.92 Å². The summed E-state index contributed by atoms with van der Waals surface area (Å²) in [5.41, 5.74) is 4.19. The summed E-state index contributed by atoms with van der Waals surface area (Å²) >= 11 is 0. The molecule has 2 N–H and O–H groups in total. The Morgan fingerprint density at radius 1 is 0.941 bits per heavy atom. The molecule has 0 atom stereocenters. The van der Waals surface area contributed by atoms with E-state index in [-0.39, 0.29) is 0 Å². The van der Waals surface area contributed by atoms with Crippen LogP contribution >= 0.6 is 0 Å². The quantitative estimate of drug-likeness (QED) is 0.577. The average Bonchev–Trinajstić information content (AvgIpc) is 2.18. The van der Waals surface area contributed by atoms with Gasteiger partial charge in [0, 0.05) is 0 Å². The number of carbonyl (C=O) groups excluding carboxylic acids is 2. The van der Waals surface area contributed by atoms with Crippen molar-refractivity contribution >= 4 is 12.2 Å². The van der Waals surface area contributed by atoms with Crippen LogP contribution in [0.4, 0.5) is 0 Å². The van der Waals surface area contributed by atoms with Crippen LogP contribution in [0.5, 0.6) is 0 Å². The summed E-state index contributed by atoms with van der Waals surface area (Å²) in [5, 5.41) is 10.8. The number of isocyanates is 2. The van der Waals surface area contributed by atoms with E-state index < -0.39 is 0 Å². The van der Waals surface area contributed by atoms with E-state index in [2.05, 4.69) is 45.9 Å². The molecule has 1 aromatic rings. The van der Waals surface area contributed by atoms with Crippen LogP contribution in [0, 0.1) is 24.7 Å². The van der Waals surface area contributed by atoms with Gasteiger partial charge in [0.25, 0.3) is 0 Å². The van der Waals surface area contributed by atoms with Crippen LogP contribution in [0.15, 0.2) is 18.2 Å². The van der Waals surface area contributed by atoms with Crippen molar-refractivity contribution in [1.82, 2.24) is 0 Å². The van der Waals surface area contributed by atoms with Gasteiger partial charge in [-0.1, -0.05) is 43.2 Å². The van der Waals surface area contributed by atoms with Gasteiger partial charge in [-0.3, -0.25) is 0 Å². The summed E-state index contributed by atoms with van der Waals surface area (Å²) in [7, 11) is 0. The molecule has 0 amide bonds. The first-order valence-electron chi connectivity index (χ1n) is 5.08. The predicted octanol–water partition coefficient (Wildman–Crippen LogP) is 3.23.